The van der Waals surface area contributed by atoms with Gasteiger partial charge >= 0.3 is 0 Å². The Bertz CT molecular complexity index is 1590. The molecule has 1 N–H and O–H groups in total. The molecule has 2 fully saturated rings. The van der Waals surface area contributed by atoms with Crippen LogP contribution in [0.25, 0.3) is 10.9 Å². The topological polar surface area (TPSA) is 51.8 Å². The number of likely N-dealkylation sites (tertiary alicyclic amines) is 1. The molecule has 0 saturated carbocycles. The summed E-state index contributed by atoms with van der Waals surface area (Å²) in [6, 6.07) is 21.6. The molecule has 3 unspecified atom stereocenters. The maximum absolute atomic E-state index is 14.0. The van der Waals surface area contributed by atoms with E-state index in [9.17, 15) is 4.79 Å². The fourth-order valence-electron chi connectivity index (χ4n) is 6.85. The third-order valence-corrected chi connectivity index (χ3v) is 10.1. The van der Waals surface area contributed by atoms with Crippen molar-refractivity contribution in [1.82, 2.24) is 14.8 Å². The van der Waals surface area contributed by atoms with Crippen LogP contribution in [-0.2, 0) is 11.2 Å². The van der Waals surface area contributed by atoms with Gasteiger partial charge in [-0.1, -0.05) is 46.1 Å². The molecule has 1 amide bonds. The first-order chi connectivity index (χ1) is 20.5. The number of thiol groups is 1. The highest BCUT2D eigenvalue weighted by Crippen LogP contribution is 2.47. The van der Waals surface area contributed by atoms with Gasteiger partial charge in [-0.05, 0) is 104 Å². The number of hydrogen-bond acceptors (Lipinski definition) is 5. The number of carbonyl (C=O) groups is 1. The lowest BCUT2D eigenvalue weighted by molar-refractivity contribution is -0.120. The Morgan fingerprint density at radius 2 is 1.76 bits per heavy atom. The van der Waals surface area contributed by atoms with Gasteiger partial charge in [0.05, 0.1) is 18.7 Å². The van der Waals surface area contributed by atoms with E-state index < -0.39 is 5.50 Å². The minimum Gasteiger partial charge on any atom is -0.494 e. The number of carbonyl (C=O) groups excluding carboxylic acids is 1. The summed E-state index contributed by atoms with van der Waals surface area (Å²) in [7, 11) is 0. The number of amides is 1. The molecule has 42 heavy (non-hydrogen) atoms. The van der Waals surface area contributed by atoms with Crippen LogP contribution in [0.1, 0.15) is 48.5 Å². The molecule has 4 aromatic rings. The van der Waals surface area contributed by atoms with Gasteiger partial charge in [-0.3, -0.25) is 9.69 Å². The first kappa shape index (κ1) is 28.3. The Morgan fingerprint density at radius 1 is 1.00 bits per heavy atom. The Hall–Kier alpha value is -2.49. The third-order valence-electron chi connectivity index (χ3n) is 8.89. The molecule has 6 nitrogen and oxygen atoms in total. The van der Waals surface area contributed by atoms with E-state index in [2.05, 4.69) is 67.1 Å². The van der Waals surface area contributed by atoms with Crippen molar-refractivity contribution in [2.45, 2.75) is 49.7 Å². The van der Waals surface area contributed by atoms with Crippen LogP contribution in [0.15, 0.2) is 71.2 Å². The molecule has 3 atom stereocenters. The second kappa shape index (κ2) is 11.9. The zero-order valence-corrected chi connectivity index (χ0v) is 26.5. The summed E-state index contributed by atoms with van der Waals surface area (Å²) in [4.78, 5) is 24.3. The molecule has 0 spiro atoms. The summed E-state index contributed by atoms with van der Waals surface area (Å²) in [6.07, 6.45) is 5.62. The zero-order chi connectivity index (χ0) is 28.8. The standard InChI is InChI=1S/C33H34BrClN4O2S/c34-22-7-14-28-26(19-22)27-20-29-32(40)38(24-10-8-23(35)9-11-24)33(42)39(29)31(30(27)36-28)21-5-12-25(13-6-21)41-18-4-17-37-15-2-1-3-16-37/h5-14,19,29,31,33,36,42H,1-4,15-18,20H2. The van der Waals surface area contributed by atoms with Crippen molar-refractivity contribution >= 4 is 62.7 Å². The zero-order valence-electron chi connectivity index (χ0n) is 23.3. The van der Waals surface area contributed by atoms with E-state index in [0.717, 1.165) is 51.0 Å². The van der Waals surface area contributed by atoms with Crippen LogP contribution in [0.5, 0.6) is 5.75 Å². The molecule has 4 heterocycles. The van der Waals surface area contributed by atoms with Crippen molar-refractivity contribution in [2.75, 3.05) is 31.1 Å². The van der Waals surface area contributed by atoms with E-state index in [0.29, 0.717) is 18.1 Å². The Kier molecular flexibility index (Phi) is 8.01. The van der Waals surface area contributed by atoms with Crippen molar-refractivity contribution in [3.8, 4) is 5.75 Å². The minimum absolute atomic E-state index is 0.0472. The molecular weight excluding hydrogens is 632 g/mol. The number of ether oxygens (including phenoxy) is 1. The number of benzene rings is 3. The molecule has 7 rings (SSSR count). The Labute approximate surface area is 265 Å². The number of halogens is 2. The van der Waals surface area contributed by atoms with Gasteiger partial charge in [-0.15, -0.1) is 12.6 Å². The lowest BCUT2D eigenvalue weighted by Crippen LogP contribution is -2.44. The maximum atomic E-state index is 14.0. The van der Waals surface area contributed by atoms with E-state index in [1.165, 1.54) is 37.9 Å². The lowest BCUT2D eigenvalue weighted by Gasteiger charge is -2.38. The fourth-order valence-corrected chi connectivity index (χ4v) is 7.88. The number of piperidine rings is 1. The van der Waals surface area contributed by atoms with Crippen molar-refractivity contribution in [1.29, 1.82) is 0 Å². The summed E-state index contributed by atoms with van der Waals surface area (Å²) < 4.78 is 7.16. The number of anilines is 1. The van der Waals surface area contributed by atoms with Crippen molar-refractivity contribution in [2.24, 2.45) is 0 Å². The molecule has 3 aromatic carbocycles. The van der Waals surface area contributed by atoms with Gasteiger partial charge in [0.2, 0.25) is 5.91 Å². The van der Waals surface area contributed by atoms with E-state index in [1.807, 2.05) is 30.3 Å². The number of aromatic amines is 1. The van der Waals surface area contributed by atoms with Crippen LogP contribution < -0.4 is 9.64 Å². The van der Waals surface area contributed by atoms with Gasteiger partial charge < -0.3 is 14.6 Å². The SMILES string of the molecule is O=C1C2Cc3c([nH]c4ccc(Br)cc34)C(c3ccc(OCCCN4CCCCC4)cc3)N2C(S)N1c1ccc(Cl)cc1. The van der Waals surface area contributed by atoms with Gasteiger partial charge in [0.1, 0.15) is 11.2 Å². The molecule has 218 valence electrons. The van der Waals surface area contributed by atoms with Gasteiger partial charge in [0.15, 0.2) is 0 Å². The predicted octanol–water partition coefficient (Wildman–Crippen LogP) is 7.41. The number of H-pyrrole nitrogens is 1. The first-order valence-corrected chi connectivity index (χ1v) is 16.5. The molecule has 0 bridgehead atoms. The van der Waals surface area contributed by atoms with Crippen molar-refractivity contribution in [3.63, 3.8) is 0 Å². The number of fused-ring (bicyclic) bond motifs is 4. The van der Waals surface area contributed by atoms with Crippen molar-refractivity contribution in [3.05, 3.63) is 93.0 Å². The lowest BCUT2D eigenvalue weighted by atomic mass is 9.89. The minimum atomic E-state index is -0.439. The van der Waals surface area contributed by atoms with Crippen LogP contribution in [0.3, 0.4) is 0 Å². The smallest absolute Gasteiger partial charge is 0.246 e. The van der Waals surface area contributed by atoms with Gasteiger partial charge in [-0.25, -0.2) is 4.90 Å². The first-order valence-electron chi connectivity index (χ1n) is 14.8. The highest BCUT2D eigenvalue weighted by atomic mass is 79.9. The van der Waals surface area contributed by atoms with E-state index in [-0.39, 0.29) is 18.0 Å². The van der Waals surface area contributed by atoms with Gasteiger partial charge in [0, 0.05) is 38.3 Å². The number of rotatable bonds is 7. The number of hydrogen-bond donors (Lipinski definition) is 2. The highest BCUT2D eigenvalue weighted by Gasteiger charge is 2.52. The summed E-state index contributed by atoms with van der Waals surface area (Å²) in [5.74, 6) is 0.916. The molecule has 9 heteroatoms. The highest BCUT2D eigenvalue weighted by molar-refractivity contribution is 9.10. The molecule has 0 aliphatic carbocycles. The number of aromatic nitrogens is 1. The molecule has 0 radical (unpaired) electrons. The van der Waals surface area contributed by atoms with Gasteiger partial charge in [-0.2, -0.15) is 0 Å². The summed E-state index contributed by atoms with van der Waals surface area (Å²) in [5, 5.41) is 1.78. The summed E-state index contributed by atoms with van der Waals surface area (Å²) >= 11 is 14.9. The predicted molar refractivity (Wildman–Crippen MR) is 176 cm³/mol. The van der Waals surface area contributed by atoms with E-state index in [4.69, 9.17) is 29.0 Å². The molecule has 3 aliphatic heterocycles. The maximum Gasteiger partial charge on any atom is 0.246 e. The Balaban J connectivity index is 1.18. The number of nitrogens with zero attached hydrogens (tertiary/aromatic N) is 3. The number of nitrogens with one attached hydrogen (secondary N) is 1. The van der Waals surface area contributed by atoms with Crippen molar-refractivity contribution < 1.29 is 9.53 Å². The largest absolute Gasteiger partial charge is 0.494 e. The fraction of sp³-hybridized carbons (Fsp3) is 0.364. The molecule has 3 aliphatic rings. The summed E-state index contributed by atoms with van der Waals surface area (Å²) in [5.41, 5.74) is 4.81. The van der Waals surface area contributed by atoms with E-state index in [1.54, 1.807) is 4.90 Å². The quantitative estimate of drug-likeness (QED) is 0.160. The van der Waals surface area contributed by atoms with Crippen LogP contribution in [0.2, 0.25) is 5.02 Å². The van der Waals surface area contributed by atoms with Crippen LogP contribution in [0, 0.1) is 0 Å². The second-order valence-corrected chi connectivity index (χ2v) is 13.3. The van der Waals surface area contributed by atoms with E-state index >= 15 is 0 Å². The van der Waals surface area contributed by atoms with Crippen LogP contribution >= 0.6 is 40.2 Å². The molecule has 2 saturated heterocycles. The van der Waals surface area contributed by atoms with Gasteiger partial charge in [0.25, 0.3) is 0 Å². The Morgan fingerprint density at radius 3 is 2.52 bits per heavy atom. The summed E-state index contributed by atoms with van der Waals surface area (Å²) in [6.45, 7) is 4.23. The average molecular weight is 666 g/mol. The second-order valence-electron chi connectivity index (χ2n) is 11.5. The van der Waals surface area contributed by atoms with Crippen LogP contribution in [-0.4, -0.2) is 58.5 Å². The van der Waals surface area contributed by atoms with Crippen LogP contribution in [0.4, 0.5) is 5.69 Å². The third kappa shape index (κ3) is 5.26. The average Bonchev–Trinajstić information content (AvgIpc) is 3.49. The molecule has 1 aromatic heterocycles. The monoisotopic (exact) mass is 664 g/mol. The normalized spacial score (nSPS) is 22.9. The molecular formula is C33H34BrClN4O2S.